The number of hydrogen-bond acceptors (Lipinski definition) is 3. The summed E-state index contributed by atoms with van der Waals surface area (Å²) in [7, 11) is 0. The van der Waals surface area contributed by atoms with Crippen LogP contribution >= 0.6 is 11.9 Å². The molecule has 2 nitrogen and oxygen atoms in total. The summed E-state index contributed by atoms with van der Waals surface area (Å²) >= 11 is 1.72. The first-order valence-electron chi connectivity index (χ1n) is 3.62. The van der Waals surface area contributed by atoms with Crippen LogP contribution in [0, 0.1) is 0 Å². The van der Waals surface area contributed by atoms with Crippen molar-refractivity contribution in [2.24, 2.45) is 0 Å². The Bertz CT molecular complexity index is 219. The summed E-state index contributed by atoms with van der Waals surface area (Å²) in [6, 6.07) is 10.4. The fraction of sp³-hybridized carbons (Fsp3) is 0.250. The Morgan fingerprint density at radius 3 is 2.73 bits per heavy atom. The number of hydrogen-bond donors (Lipinski definition) is 2. The molecule has 11 heavy (non-hydrogen) atoms. The van der Waals surface area contributed by atoms with Crippen LogP contribution in [0.25, 0.3) is 0 Å². The van der Waals surface area contributed by atoms with E-state index in [1.807, 2.05) is 6.07 Å². The first kappa shape index (κ1) is 7.16. The molecule has 0 amide bonds. The minimum absolute atomic E-state index is 0.334. The Labute approximate surface area is 70.5 Å². The summed E-state index contributed by atoms with van der Waals surface area (Å²) in [5.74, 6) is 0.986. The van der Waals surface area contributed by atoms with Crippen LogP contribution in [0.1, 0.15) is 11.7 Å². The summed E-state index contributed by atoms with van der Waals surface area (Å²) in [6.07, 6.45) is 0.334. The maximum Gasteiger partial charge on any atom is 0.0933 e. The Kier molecular flexibility index (Phi) is 2.12. The lowest BCUT2D eigenvalue weighted by Gasteiger charge is -2.08. The monoisotopic (exact) mass is 166 g/mol. The van der Waals surface area contributed by atoms with E-state index in [2.05, 4.69) is 34.3 Å². The van der Waals surface area contributed by atoms with Crippen LogP contribution in [-0.4, -0.2) is 5.88 Å². The zero-order valence-corrected chi connectivity index (χ0v) is 6.90. The molecule has 1 fully saturated rings. The Hall–Kier alpha value is -0.510. The minimum atomic E-state index is 0.334. The molecule has 1 aromatic carbocycles. The molecule has 1 unspecified atom stereocenters. The number of benzene rings is 1. The van der Waals surface area contributed by atoms with E-state index in [1.165, 1.54) is 5.56 Å². The number of rotatable bonds is 1. The van der Waals surface area contributed by atoms with Gasteiger partial charge in [-0.3, -0.25) is 5.32 Å². The molecule has 3 heteroatoms. The summed E-state index contributed by atoms with van der Waals surface area (Å²) in [5.41, 5.74) is 1.30. The van der Waals surface area contributed by atoms with Gasteiger partial charge >= 0.3 is 0 Å². The van der Waals surface area contributed by atoms with E-state index in [-0.39, 0.29) is 0 Å². The molecule has 0 saturated carbocycles. The second kappa shape index (κ2) is 3.26. The Morgan fingerprint density at radius 2 is 2.09 bits per heavy atom. The van der Waals surface area contributed by atoms with Gasteiger partial charge in [0, 0.05) is 0 Å². The van der Waals surface area contributed by atoms with Crippen molar-refractivity contribution < 1.29 is 0 Å². The zero-order chi connectivity index (χ0) is 7.52. The Balaban J connectivity index is 2.16. The SMILES string of the molecule is c1ccc(C2NCSN2)cc1. The Morgan fingerprint density at radius 1 is 1.27 bits per heavy atom. The molecule has 1 atom stereocenters. The van der Waals surface area contributed by atoms with Gasteiger partial charge in [-0.15, -0.1) is 0 Å². The van der Waals surface area contributed by atoms with Crippen LogP contribution in [-0.2, 0) is 0 Å². The first-order valence-corrected chi connectivity index (χ1v) is 4.61. The van der Waals surface area contributed by atoms with E-state index in [9.17, 15) is 0 Å². The van der Waals surface area contributed by atoms with Crippen molar-refractivity contribution in [2.75, 3.05) is 5.88 Å². The quantitative estimate of drug-likeness (QED) is 0.618. The fourth-order valence-electron chi connectivity index (χ4n) is 1.12. The molecule has 1 aliphatic rings. The molecular formula is C8H10N2S. The molecule has 0 radical (unpaired) electrons. The van der Waals surface area contributed by atoms with Crippen LogP contribution in [0.4, 0.5) is 0 Å². The second-order valence-corrected chi connectivity index (χ2v) is 3.27. The van der Waals surface area contributed by atoms with Gasteiger partial charge in [0.05, 0.1) is 12.0 Å². The topological polar surface area (TPSA) is 24.1 Å². The third kappa shape index (κ3) is 1.56. The molecule has 0 aliphatic carbocycles. The molecule has 0 bridgehead atoms. The van der Waals surface area contributed by atoms with E-state index < -0.39 is 0 Å². The average Bonchev–Trinajstić information content (AvgIpc) is 2.58. The molecule has 58 valence electrons. The van der Waals surface area contributed by atoms with Crippen LogP contribution in [0.15, 0.2) is 30.3 Å². The molecule has 1 aliphatic heterocycles. The smallest absolute Gasteiger partial charge is 0.0933 e. The second-order valence-electron chi connectivity index (χ2n) is 2.45. The van der Waals surface area contributed by atoms with Gasteiger partial charge in [-0.1, -0.05) is 42.3 Å². The normalized spacial score (nSPS) is 23.8. The van der Waals surface area contributed by atoms with Crippen LogP contribution < -0.4 is 10.0 Å². The molecule has 1 saturated heterocycles. The van der Waals surface area contributed by atoms with Gasteiger partial charge in [-0.25, -0.2) is 4.72 Å². The maximum atomic E-state index is 3.32. The van der Waals surface area contributed by atoms with Gasteiger partial charge in [0.2, 0.25) is 0 Å². The lowest BCUT2D eigenvalue weighted by atomic mass is 10.2. The highest BCUT2D eigenvalue weighted by Crippen LogP contribution is 2.17. The highest BCUT2D eigenvalue weighted by atomic mass is 32.2. The molecule has 1 heterocycles. The summed E-state index contributed by atoms with van der Waals surface area (Å²) < 4.78 is 3.28. The van der Waals surface area contributed by atoms with Gasteiger partial charge < -0.3 is 0 Å². The van der Waals surface area contributed by atoms with Crippen molar-refractivity contribution in [1.29, 1.82) is 0 Å². The largest absolute Gasteiger partial charge is 0.287 e. The third-order valence-corrected chi connectivity index (χ3v) is 2.41. The third-order valence-electron chi connectivity index (χ3n) is 1.69. The molecular weight excluding hydrogens is 156 g/mol. The van der Waals surface area contributed by atoms with E-state index in [0.717, 1.165) is 5.88 Å². The van der Waals surface area contributed by atoms with Crippen molar-refractivity contribution >= 4 is 11.9 Å². The van der Waals surface area contributed by atoms with E-state index in [1.54, 1.807) is 11.9 Å². The van der Waals surface area contributed by atoms with Crippen LogP contribution in [0.3, 0.4) is 0 Å². The van der Waals surface area contributed by atoms with E-state index in [0.29, 0.717) is 6.17 Å². The van der Waals surface area contributed by atoms with Gasteiger partial charge in [0.15, 0.2) is 0 Å². The first-order chi connectivity index (χ1) is 5.47. The van der Waals surface area contributed by atoms with Crippen molar-refractivity contribution in [3.05, 3.63) is 35.9 Å². The fourth-order valence-corrected chi connectivity index (χ4v) is 1.84. The molecule has 2 N–H and O–H groups in total. The summed E-state index contributed by atoms with van der Waals surface area (Å²) in [6.45, 7) is 0. The van der Waals surface area contributed by atoms with Gasteiger partial charge in [-0.2, -0.15) is 0 Å². The van der Waals surface area contributed by atoms with Gasteiger partial charge in [0.1, 0.15) is 0 Å². The predicted octanol–water partition coefficient (Wildman–Crippen LogP) is 1.48. The van der Waals surface area contributed by atoms with Crippen LogP contribution in [0.5, 0.6) is 0 Å². The van der Waals surface area contributed by atoms with Crippen molar-refractivity contribution in [3.8, 4) is 0 Å². The highest BCUT2D eigenvalue weighted by molar-refractivity contribution is 7.97. The molecule has 0 spiro atoms. The zero-order valence-electron chi connectivity index (χ0n) is 6.08. The maximum absolute atomic E-state index is 3.32. The minimum Gasteiger partial charge on any atom is -0.287 e. The highest BCUT2D eigenvalue weighted by Gasteiger charge is 2.14. The van der Waals surface area contributed by atoms with Gasteiger partial charge in [-0.05, 0) is 5.56 Å². The molecule has 1 aromatic rings. The summed E-state index contributed by atoms with van der Waals surface area (Å²) in [4.78, 5) is 0. The molecule has 2 rings (SSSR count). The predicted molar refractivity (Wildman–Crippen MR) is 47.9 cm³/mol. The van der Waals surface area contributed by atoms with Crippen LogP contribution in [0.2, 0.25) is 0 Å². The summed E-state index contributed by atoms with van der Waals surface area (Å²) in [5, 5.41) is 3.32. The standard InChI is InChI=1S/C8H10N2S/c1-2-4-7(5-3-1)8-9-6-11-10-8/h1-5,8-10H,6H2. The van der Waals surface area contributed by atoms with E-state index >= 15 is 0 Å². The van der Waals surface area contributed by atoms with Gasteiger partial charge in [0.25, 0.3) is 0 Å². The lowest BCUT2D eigenvalue weighted by Crippen LogP contribution is -2.19. The van der Waals surface area contributed by atoms with Crippen molar-refractivity contribution in [2.45, 2.75) is 6.17 Å². The van der Waals surface area contributed by atoms with E-state index in [4.69, 9.17) is 0 Å². The average molecular weight is 166 g/mol. The van der Waals surface area contributed by atoms with Crippen molar-refractivity contribution in [1.82, 2.24) is 10.0 Å². The lowest BCUT2D eigenvalue weighted by molar-refractivity contribution is 0.606. The number of nitrogens with one attached hydrogen (secondary N) is 2. The molecule has 0 aromatic heterocycles. The van der Waals surface area contributed by atoms with Crippen molar-refractivity contribution in [3.63, 3.8) is 0 Å².